The molecule has 2 rings (SSSR count). The normalized spacial score (nSPS) is 22.3. The van der Waals surface area contributed by atoms with Gasteiger partial charge in [-0.2, -0.15) is 0 Å². The molecule has 23 heavy (non-hydrogen) atoms. The van der Waals surface area contributed by atoms with Crippen LogP contribution in [0.4, 0.5) is 0 Å². The van der Waals surface area contributed by atoms with Gasteiger partial charge >= 0.3 is 0 Å². The molecule has 1 unspecified atom stereocenters. The summed E-state index contributed by atoms with van der Waals surface area (Å²) in [5.41, 5.74) is 1.00. The molecule has 0 radical (unpaired) electrons. The molecule has 3 atom stereocenters. The Hall–Kier alpha value is -1.75. The van der Waals surface area contributed by atoms with Gasteiger partial charge in [0.2, 0.25) is 0 Å². The van der Waals surface area contributed by atoms with Crippen LogP contribution in [0.15, 0.2) is 18.2 Å². The minimum absolute atomic E-state index is 0.00195. The lowest BCUT2D eigenvalue weighted by Gasteiger charge is -2.31. The van der Waals surface area contributed by atoms with Crippen LogP contribution in [0, 0.1) is 5.92 Å². The fourth-order valence-electron chi connectivity index (χ4n) is 3.24. The van der Waals surface area contributed by atoms with Crippen molar-refractivity contribution in [3.8, 4) is 11.5 Å². The number of nitrogens with one attached hydrogen (secondary N) is 2. The monoisotopic (exact) mass is 321 g/mol. The van der Waals surface area contributed by atoms with Crippen molar-refractivity contribution in [1.82, 2.24) is 5.32 Å². The number of carbonyl (C=O) groups excluding carboxylic acids is 1. The minimum Gasteiger partial charge on any atom is -0.493 e. The van der Waals surface area contributed by atoms with Crippen LogP contribution in [0.1, 0.15) is 32.3 Å². The van der Waals surface area contributed by atoms with Crippen LogP contribution >= 0.6 is 0 Å². The first-order valence-electron chi connectivity index (χ1n) is 8.38. The van der Waals surface area contributed by atoms with E-state index in [0.717, 1.165) is 18.7 Å². The lowest BCUT2D eigenvalue weighted by Crippen LogP contribution is -3.18. The SMILES string of the molecule is COc1ccc(CNC(=O)[C@H](C)[NH+]2CCC[C@@H](C)C2)cc1OC. The molecular weight excluding hydrogens is 292 g/mol. The summed E-state index contributed by atoms with van der Waals surface area (Å²) in [5, 5.41) is 3.04. The number of amides is 1. The Morgan fingerprint density at radius 2 is 2.09 bits per heavy atom. The predicted molar refractivity (Wildman–Crippen MR) is 89.9 cm³/mol. The molecule has 1 aromatic carbocycles. The van der Waals surface area contributed by atoms with Crippen LogP contribution in [0.3, 0.4) is 0 Å². The molecule has 128 valence electrons. The van der Waals surface area contributed by atoms with Crippen molar-refractivity contribution >= 4 is 5.91 Å². The number of carbonyl (C=O) groups is 1. The van der Waals surface area contributed by atoms with E-state index in [1.807, 2.05) is 25.1 Å². The van der Waals surface area contributed by atoms with Gasteiger partial charge in [-0.3, -0.25) is 4.79 Å². The predicted octanol–water partition coefficient (Wildman–Crippen LogP) is 1.02. The first-order chi connectivity index (χ1) is 11.0. The number of quaternary nitrogens is 1. The smallest absolute Gasteiger partial charge is 0.278 e. The highest BCUT2D eigenvalue weighted by Crippen LogP contribution is 2.27. The summed E-state index contributed by atoms with van der Waals surface area (Å²) in [6, 6.07) is 5.71. The zero-order chi connectivity index (χ0) is 16.8. The van der Waals surface area contributed by atoms with Crippen LogP contribution in [0.2, 0.25) is 0 Å². The van der Waals surface area contributed by atoms with Crippen molar-refractivity contribution in [2.45, 2.75) is 39.3 Å². The zero-order valence-electron chi connectivity index (χ0n) is 14.6. The Bertz CT molecular complexity index is 533. The number of rotatable bonds is 6. The van der Waals surface area contributed by atoms with Gasteiger partial charge in [0.15, 0.2) is 17.5 Å². The van der Waals surface area contributed by atoms with E-state index in [9.17, 15) is 4.79 Å². The average molecular weight is 321 g/mol. The summed E-state index contributed by atoms with van der Waals surface area (Å²) in [6.45, 7) is 6.98. The average Bonchev–Trinajstić information content (AvgIpc) is 2.58. The molecule has 0 bridgehead atoms. The number of methoxy groups -OCH3 is 2. The molecule has 1 aromatic rings. The van der Waals surface area contributed by atoms with Crippen LogP contribution < -0.4 is 19.7 Å². The van der Waals surface area contributed by atoms with E-state index in [-0.39, 0.29) is 11.9 Å². The van der Waals surface area contributed by atoms with Gasteiger partial charge in [-0.05, 0) is 37.5 Å². The molecule has 1 aliphatic heterocycles. The molecule has 1 amide bonds. The van der Waals surface area contributed by atoms with E-state index < -0.39 is 0 Å². The highest BCUT2D eigenvalue weighted by atomic mass is 16.5. The summed E-state index contributed by atoms with van der Waals surface area (Å²) >= 11 is 0. The molecule has 0 aliphatic carbocycles. The van der Waals surface area contributed by atoms with Crippen LogP contribution in [-0.2, 0) is 11.3 Å². The van der Waals surface area contributed by atoms with Gasteiger partial charge in [0.25, 0.3) is 5.91 Å². The first-order valence-corrected chi connectivity index (χ1v) is 8.38. The van der Waals surface area contributed by atoms with Crippen molar-refractivity contribution in [1.29, 1.82) is 0 Å². The number of ether oxygens (including phenoxy) is 2. The Balaban J connectivity index is 1.90. The molecule has 0 aromatic heterocycles. The Kier molecular flexibility index (Phi) is 6.28. The molecule has 0 spiro atoms. The van der Waals surface area contributed by atoms with E-state index in [4.69, 9.17) is 9.47 Å². The molecule has 5 nitrogen and oxygen atoms in total. The molecule has 1 saturated heterocycles. The minimum atomic E-state index is -0.00195. The van der Waals surface area contributed by atoms with Crippen molar-refractivity contribution in [3.63, 3.8) is 0 Å². The third-order valence-corrected chi connectivity index (χ3v) is 4.73. The highest BCUT2D eigenvalue weighted by molar-refractivity contribution is 5.79. The Morgan fingerprint density at radius 1 is 1.35 bits per heavy atom. The van der Waals surface area contributed by atoms with E-state index >= 15 is 0 Å². The highest BCUT2D eigenvalue weighted by Gasteiger charge is 2.29. The number of piperidine rings is 1. The first kappa shape index (κ1) is 17.6. The summed E-state index contributed by atoms with van der Waals surface area (Å²) < 4.78 is 10.5. The number of likely N-dealkylation sites (tertiary alicyclic amines) is 1. The molecule has 5 heteroatoms. The molecule has 1 fully saturated rings. The summed E-state index contributed by atoms with van der Waals surface area (Å²) in [5.74, 6) is 2.20. The van der Waals surface area contributed by atoms with Crippen LogP contribution in [0.5, 0.6) is 11.5 Å². The molecular formula is C18H29N2O3+. The second-order valence-corrected chi connectivity index (χ2v) is 6.49. The van der Waals surface area contributed by atoms with Gasteiger partial charge < -0.3 is 19.7 Å². The molecule has 1 heterocycles. The molecule has 1 aliphatic rings. The lowest BCUT2D eigenvalue weighted by atomic mass is 9.99. The summed E-state index contributed by atoms with van der Waals surface area (Å²) in [7, 11) is 3.23. The van der Waals surface area contributed by atoms with Gasteiger partial charge in [0.05, 0.1) is 27.3 Å². The fourth-order valence-corrected chi connectivity index (χ4v) is 3.24. The standard InChI is InChI=1S/C18H28N2O3/c1-13-6-5-9-20(12-13)14(2)18(21)19-11-15-7-8-16(22-3)17(10-15)23-4/h7-8,10,13-14H,5-6,9,11-12H2,1-4H3,(H,19,21)/p+1/t13-,14+/m1/s1. The quantitative estimate of drug-likeness (QED) is 0.823. The van der Waals surface area contributed by atoms with Crippen molar-refractivity contribution in [2.75, 3.05) is 27.3 Å². The van der Waals surface area contributed by atoms with E-state index in [2.05, 4.69) is 12.2 Å². The van der Waals surface area contributed by atoms with Gasteiger partial charge in [-0.25, -0.2) is 0 Å². The fraction of sp³-hybridized carbons (Fsp3) is 0.611. The van der Waals surface area contributed by atoms with E-state index in [1.54, 1.807) is 14.2 Å². The van der Waals surface area contributed by atoms with Crippen LogP contribution in [-0.4, -0.2) is 39.3 Å². The zero-order valence-corrected chi connectivity index (χ0v) is 14.6. The van der Waals surface area contributed by atoms with E-state index in [0.29, 0.717) is 24.0 Å². The Morgan fingerprint density at radius 3 is 2.74 bits per heavy atom. The maximum absolute atomic E-state index is 12.4. The lowest BCUT2D eigenvalue weighted by molar-refractivity contribution is -0.922. The van der Waals surface area contributed by atoms with Gasteiger partial charge in [-0.1, -0.05) is 13.0 Å². The van der Waals surface area contributed by atoms with Gasteiger partial charge in [0.1, 0.15) is 0 Å². The number of benzene rings is 1. The largest absolute Gasteiger partial charge is 0.493 e. The third-order valence-electron chi connectivity index (χ3n) is 4.73. The van der Waals surface area contributed by atoms with Crippen molar-refractivity contribution < 1.29 is 19.2 Å². The molecule has 2 N–H and O–H groups in total. The van der Waals surface area contributed by atoms with Gasteiger partial charge in [0, 0.05) is 12.5 Å². The maximum atomic E-state index is 12.4. The van der Waals surface area contributed by atoms with Crippen molar-refractivity contribution in [3.05, 3.63) is 23.8 Å². The number of hydrogen-bond acceptors (Lipinski definition) is 3. The molecule has 0 saturated carbocycles. The third kappa shape index (κ3) is 4.61. The second kappa shape index (κ2) is 8.20. The van der Waals surface area contributed by atoms with Crippen LogP contribution in [0.25, 0.3) is 0 Å². The van der Waals surface area contributed by atoms with E-state index in [1.165, 1.54) is 17.7 Å². The Labute approximate surface area is 139 Å². The van der Waals surface area contributed by atoms with Gasteiger partial charge in [-0.15, -0.1) is 0 Å². The summed E-state index contributed by atoms with van der Waals surface area (Å²) in [6.07, 6.45) is 2.49. The topological polar surface area (TPSA) is 52.0 Å². The van der Waals surface area contributed by atoms with Crippen molar-refractivity contribution in [2.24, 2.45) is 5.92 Å². The maximum Gasteiger partial charge on any atom is 0.278 e. The summed E-state index contributed by atoms with van der Waals surface area (Å²) in [4.78, 5) is 13.8. The number of hydrogen-bond donors (Lipinski definition) is 2. The second-order valence-electron chi connectivity index (χ2n) is 6.49.